The van der Waals surface area contributed by atoms with Crippen molar-refractivity contribution in [2.45, 2.75) is 31.8 Å². The lowest BCUT2D eigenvalue weighted by molar-refractivity contribution is -0.149. The smallest absolute Gasteiger partial charge is 0.326 e. The summed E-state index contributed by atoms with van der Waals surface area (Å²) in [5.41, 5.74) is 0. The van der Waals surface area contributed by atoms with Gasteiger partial charge in [0.25, 0.3) is 0 Å². The molecular formula is C15H18N2O5. The Labute approximate surface area is 127 Å². The molecule has 22 heavy (non-hydrogen) atoms. The number of carboxylic acids is 1. The molecule has 0 radical (unpaired) electrons. The lowest BCUT2D eigenvalue weighted by atomic mass is 10.2. The van der Waals surface area contributed by atoms with E-state index in [0.717, 1.165) is 0 Å². The summed E-state index contributed by atoms with van der Waals surface area (Å²) in [5, 5.41) is 11.6. The van der Waals surface area contributed by atoms with Crippen molar-refractivity contribution in [2.75, 3.05) is 6.54 Å². The van der Waals surface area contributed by atoms with E-state index in [9.17, 15) is 14.4 Å². The normalized spacial score (nSPS) is 19.3. The molecule has 118 valence electrons. The highest BCUT2D eigenvalue weighted by atomic mass is 16.4. The van der Waals surface area contributed by atoms with Crippen LogP contribution in [0.1, 0.15) is 25.5 Å². The number of furan rings is 1. The number of aliphatic carboxylic acids is 1. The Bertz CT molecular complexity index is 579. The number of rotatable bonds is 5. The quantitative estimate of drug-likeness (QED) is 0.786. The summed E-state index contributed by atoms with van der Waals surface area (Å²) < 4.78 is 5.05. The topological polar surface area (TPSA) is 99.9 Å². The number of nitrogens with zero attached hydrogens (tertiary/aromatic N) is 1. The number of carboxylic acid groups (broad SMARTS) is 1. The van der Waals surface area contributed by atoms with Gasteiger partial charge in [0, 0.05) is 12.6 Å². The number of carbonyl (C=O) groups is 3. The van der Waals surface area contributed by atoms with Gasteiger partial charge in [0.05, 0.1) is 6.26 Å². The van der Waals surface area contributed by atoms with E-state index in [2.05, 4.69) is 5.32 Å². The molecule has 2 amide bonds. The zero-order chi connectivity index (χ0) is 16.1. The highest BCUT2D eigenvalue weighted by Gasteiger charge is 2.35. The second kappa shape index (κ2) is 6.93. The number of carbonyl (C=O) groups excluding carboxylic acids is 2. The van der Waals surface area contributed by atoms with E-state index >= 15 is 0 Å². The third-order valence-electron chi connectivity index (χ3n) is 3.49. The number of amides is 2. The second-order valence-corrected chi connectivity index (χ2v) is 5.11. The van der Waals surface area contributed by atoms with E-state index in [0.29, 0.717) is 25.1 Å². The van der Waals surface area contributed by atoms with Gasteiger partial charge in [0.2, 0.25) is 11.8 Å². The lowest BCUT2D eigenvalue weighted by Crippen LogP contribution is -2.50. The van der Waals surface area contributed by atoms with Crippen LogP contribution in [0, 0.1) is 0 Å². The van der Waals surface area contributed by atoms with Crippen LogP contribution in [-0.2, 0) is 14.4 Å². The van der Waals surface area contributed by atoms with Crippen LogP contribution in [0.4, 0.5) is 0 Å². The van der Waals surface area contributed by atoms with Crippen molar-refractivity contribution >= 4 is 23.9 Å². The molecule has 1 aliphatic rings. The van der Waals surface area contributed by atoms with E-state index in [1.807, 2.05) is 0 Å². The molecule has 1 saturated heterocycles. The number of hydrogen-bond acceptors (Lipinski definition) is 4. The summed E-state index contributed by atoms with van der Waals surface area (Å²) in [6.07, 6.45) is 5.34. The summed E-state index contributed by atoms with van der Waals surface area (Å²) in [6, 6.07) is 1.81. The van der Waals surface area contributed by atoms with Crippen LogP contribution in [0.25, 0.3) is 6.08 Å². The van der Waals surface area contributed by atoms with E-state index in [1.54, 1.807) is 12.1 Å². The Balaban J connectivity index is 1.90. The predicted molar refractivity (Wildman–Crippen MR) is 77.7 cm³/mol. The monoisotopic (exact) mass is 306 g/mol. The van der Waals surface area contributed by atoms with Crippen LogP contribution in [0.2, 0.25) is 0 Å². The van der Waals surface area contributed by atoms with Crippen LogP contribution in [0.15, 0.2) is 28.9 Å². The molecule has 0 unspecified atom stereocenters. The average molecular weight is 306 g/mol. The molecule has 7 nitrogen and oxygen atoms in total. The Hall–Kier alpha value is -2.57. The lowest BCUT2D eigenvalue weighted by Gasteiger charge is -2.25. The van der Waals surface area contributed by atoms with Crippen molar-refractivity contribution < 1.29 is 23.9 Å². The van der Waals surface area contributed by atoms with Crippen LogP contribution in [-0.4, -0.2) is 46.4 Å². The Morgan fingerprint density at radius 3 is 2.91 bits per heavy atom. The van der Waals surface area contributed by atoms with Gasteiger partial charge < -0.3 is 19.7 Å². The van der Waals surface area contributed by atoms with Gasteiger partial charge in [-0.1, -0.05) is 0 Å². The minimum atomic E-state index is -1.01. The van der Waals surface area contributed by atoms with Crippen molar-refractivity contribution in [2.24, 2.45) is 0 Å². The summed E-state index contributed by atoms with van der Waals surface area (Å²) in [7, 11) is 0. The second-order valence-electron chi connectivity index (χ2n) is 5.11. The van der Waals surface area contributed by atoms with Crippen molar-refractivity contribution in [3.05, 3.63) is 30.2 Å². The molecule has 0 spiro atoms. The van der Waals surface area contributed by atoms with Crippen molar-refractivity contribution in [1.29, 1.82) is 0 Å². The Kier molecular flexibility index (Phi) is 4.98. The van der Waals surface area contributed by atoms with Gasteiger partial charge in [-0.15, -0.1) is 0 Å². The van der Waals surface area contributed by atoms with Crippen LogP contribution < -0.4 is 5.32 Å². The maximum atomic E-state index is 12.2. The molecule has 0 saturated carbocycles. The van der Waals surface area contributed by atoms with Crippen LogP contribution in [0.3, 0.4) is 0 Å². The third kappa shape index (κ3) is 3.75. The zero-order valence-corrected chi connectivity index (χ0v) is 12.2. The van der Waals surface area contributed by atoms with Gasteiger partial charge in [-0.25, -0.2) is 4.79 Å². The first-order valence-electron chi connectivity index (χ1n) is 7.04. The molecule has 2 heterocycles. The average Bonchev–Trinajstić information content (AvgIpc) is 3.15. The van der Waals surface area contributed by atoms with E-state index < -0.39 is 24.0 Å². The maximum Gasteiger partial charge on any atom is 0.326 e. The van der Waals surface area contributed by atoms with Crippen molar-refractivity contribution in [1.82, 2.24) is 10.2 Å². The standard InChI is InChI=1S/C15H18N2O5/c1-10(14(19)17-8-2-5-12(17)15(20)21)16-13(18)7-6-11-4-3-9-22-11/h3-4,6-7,9-10,12H,2,5,8H2,1H3,(H,16,18)(H,20,21)/t10-,12-/m0/s1. The van der Waals surface area contributed by atoms with E-state index in [-0.39, 0.29) is 5.91 Å². The fourth-order valence-electron chi connectivity index (χ4n) is 2.40. The Morgan fingerprint density at radius 1 is 1.50 bits per heavy atom. The molecule has 0 aliphatic carbocycles. The van der Waals surface area contributed by atoms with Crippen molar-refractivity contribution in [3.63, 3.8) is 0 Å². The molecule has 0 aromatic carbocycles. The summed E-state index contributed by atoms with van der Waals surface area (Å²) in [6.45, 7) is 1.94. The van der Waals surface area contributed by atoms with Gasteiger partial charge in [0.15, 0.2) is 0 Å². The highest BCUT2D eigenvalue weighted by Crippen LogP contribution is 2.18. The fraction of sp³-hybridized carbons (Fsp3) is 0.400. The van der Waals surface area contributed by atoms with Gasteiger partial charge in [-0.3, -0.25) is 9.59 Å². The molecule has 7 heteroatoms. The molecular weight excluding hydrogens is 288 g/mol. The Morgan fingerprint density at radius 2 is 2.27 bits per heavy atom. The first kappa shape index (κ1) is 15.8. The van der Waals surface area contributed by atoms with E-state index in [1.165, 1.54) is 30.2 Å². The van der Waals surface area contributed by atoms with Gasteiger partial charge in [0.1, 0.15) is 17.8 Å². The molecule has 1 aromatic heterocycles. The van der Waals surface area contributed by atoms with Crippen LogP contribution in [0.5, 0.6) is 0 Å². The molecule has 2 atom stereocenters. The maximum absolute atomic E-state index is 12.2. The minimum absolute atomic E-state index is 0.385. The summed E-state index contributed by atoms with van der Waals surface area (Å²) >= 11 is 0. The first-order chi connectivity index (χ1) is 10.5. The van der Waals surface area contributed by atoms with Gasteiger partial charge in [-0.2, -0.15) is 0 Å². The largest absolute Gasteiger partial charge is 0.480 e. The molecule has 2 N–H and O–H groups in total. The van der Waals surface area contributed by atoms with Crippen molar-refractivity contribution in [3.8, 4) is 0 Å². The minimum Gasteiger partial charge on any atom is -0.480 e. The van der Waals surface area contributed by atoms with Crippen LogP contribution >= 0.6 is 0 Å². The molecule has 0 bridgehead atoms. The molecule has 1 aromatic rings. The first-order valence-corrected chi connectivity index (χ1v) is 7.04. The molecule has 1 fully saturated rings. The van der Waals surface area contributed by atoms with E-state index in [4.69, 9.17) is 9.52 Å². The molecule has 1 aliphatic heterocycles. The SMILES string of the molecule is C[C@H](NC(=O)C=Cc1ccco1)C(=O)N1CCC[C@H]1C(=O)O. The number of nitrogens with one attached hydrogen (secondary N) is 1. The molecule has 2 rings (SSSR count). The summed E-state index contributed by atoms with van der Waals surface area (Å²) in [4.78, 5) is 36.4. The highest BCUT2D eigenvalue weighted by molar-refractivity contribution is 5.96. The zero-order valence-electron chi connectivity index (χ0n) is 12.2. The van der Waals surface area contributed by atoms with Gasteiger partial charge in [-0.05, 0) is 38.0 Å². The number of hydrogen-bond donors (Lipinski definition) is 2. The summed E-state index contributed by atoms with van der Waals surface area (Å²) in [5.74, 6) is -1.31. The third-order valence-corrected chi connectivity index (χ3v) is 3.49. The predicted octanol–water partition coefficient (Wildman–Crippen LogP) is 0.873. The van der Waals surface area contributed by atoms with Gasteiger partial charge >= 0.3 is 5.97 Å². The fourth-order valence-corrected chi connectivity index (χ4v) is 2.40. The number of likely N-dealkylation sites (tertiary alicyclic amines) is 1.